The number of benzene rings is 1. The lowest BCUT2D eigenvalue weighted by atomic mass is 10.2. The summed E-state index contributed by atoms with van der Waals surface area (Å²) in [6.45, 7) is -0.162. The Hall–Kier alpha value is -2.38. The fourth-order valence-electron chi connectivity index (χ4n) is 2.11. The number of imide groups is 1. The first-order chi connectivity index (χ1) is 11.5. The zero-order chi connectivity index (χ0) is 17.1. The second-order valence-corrected chi connectivity index (χ2v) is 6.43. The van der Waals surface area contributed by atoms with Gasteiger partial charge < -0.3 is 9.47 Å². The van der Waals surface area contributed by atoms with E-state index in [0.29, 0.717) is 9.90 Å². The summed E-state index contributed by atoms with van der Waals surface area (Å²) in [4.78, 5) is 37.2. The van der Waals surface area contributed by atoms with Gasteiger partial charge in [0, 0.05) is 9.90 Å². The van der Waals surface area contributed by atoms with E-state index in [1.807, 2.05) is 12.1 Å². The van der Waals surface area contributed by atoms with Crippen LogP contribution in [0.2, 0.25) is 5.02 Å². The number of hydrogen-bond donors (Lipinski definition) is 0. The molecule has 1 saturated heterocycles. The summed E-state index contributed by atoms with van der Waals surface area (Å²) in [5.41, 5.74) is 0.930. The number of amides is 2. The molecule has 1 aromatic carbocycles. The molecular formula is C16H12ClNO5S. The van der Waals surface area contributed by atoms with Crippen molar-refractivity contribution in [2.75, 3.05) is 19.8 Å². The van der Waals surface area contributed by atoms with E-state index in [1.54, 1.807) is 24.3 Å². The van der Waals surface area contributed by atoms with Crippen molar-refractivity contribution < 1.29 is 23.9 Å². The van der Waals surface area contributed by atoms with E-state index in [4.69, 9.17) is 16.3 Å². The third-order valence-corrected chi connectivity index (χ3v) is 4.69. The van der Waals surface area contributed by atoms with E-state index in [1.165, 1.54) is 11.3 Å². The fraction of sp³-hybridized carbons (Fsp3) is 0.188. The maximum atomic E-state index is 12.0. The van der Waals surface area contributed by atoms with Crippen LogP contribution in [0.15, 0.2) is 36.4 Å². The predicted octanol–water partition coefficient (Wildman–Crippen LogP) is 3.20. The smallest absolute Gasteiger partial charge is 0.416 e. The second kappa shape index (κ2) is 7.02. The molecule has 1 aliphatic rings. The van der Waals surface area contributed by atoms with E-state index < -0.39 is 24.6 Å². The molecule has 0 N–H and O–H groups in total. The highest BCUT2D eigenvalue weighted by molar-refractivity contribution is 7.17. The van der Waals surface area contributed by atoms with Crippen molar-refractivity contribution in [2.24, 2.45) is 0 Å². The number of cyclic esters (lactones) is 1. The highest BCUT2D eigenvalue weighted by Gasteiger charge is 2.29. The lowest BCUT2D eigenvalue weighted by molar-refractivity contribution is -0.131. The Bertz CT molecular complexity index is 786. The molecule has 0 bridgehead atoms. The largest absolute Gasteiger partial charge is 0.451 e. The number of thiophene rings is 1. The third-order valence-electron chi connectivity index (χ3n) is 3.32. The van der Waals surface area contributed by atoms with E-state index in [-0.39, 0.29) is 13.2 Å². The highest BCUT2D eigenvalue weighted by Crippen LogP contribution is 2.29. The number of ether oxygens (including phenoxy) is 2. The number of nitrogens with zero attached hydrogens (tertiary/aromatic N) is 1. The zero-order valence-corrected chi connectivity index (χ0v) is 13.9. The monoisotopic (exact) mass is 365 g/mol. The van der Waals surface area contributed by atoms with E-state index in [0.717, 1.165) is 15.3 Å². The van der Waals surface area contributed by atoms with Crippen LogP contribution in [0.4, 0.5) is 4.79 Å². The van der Waals surface area contributed by atoms with Crippen LogP contribution in [0.3, 0.4) is 0 Å². The van der Waals surface area contributed by atoms with Gasteiger partial charge in [-0.15, -0.1) is 11.3 Å². The molecule has 0 spiro atoms. The first-order valence-corrected chi connectivity index (χ1v) is 8.24. The average Bonchev–Trinajstić information content (AvgIpc) is 3.22. The lowest BCUT2D eigenvalue weighted by Gasteiger charge is -2.10. The molecule has 2 amide bonds. The molecule has 2 aromatic rings. The Labute approximate surface area is 146 Å². The van der Waals surface area contributed by atoms with Crippen molar-refractivity contribution in [2.45, 2.75) is 0 Å². The van der Waals surface area contributed by atoms with Crippen LogP contribution in [0, 0.1) is 0 Å². The van der Waals surface area contributed by atoms with Gasteiger partial charge >= 0.3 is 12.1 Å². The van der Waals surface area contributed by atoms with Gasteiger partial charge in [-0.1, -0.05) is 23.7 Å². The zero-order valence-electron chi connectivity index (χ0n) is 12.4. The highest BCUT2D eigenvalue weighted by atomic mass is 35.5. The maximum absolute atomic E-state index is 12.0. The number of halogens is 1. The minimum absolute atomic E-state index is 0.161. The van der Waals surface area contributed by atoms with Crippen molar-refractivity contribution in [1.82, 2.24) is 4.90 Å². The van der Waals surface area contributed by atoms with Crippen LogP contribution >= 0.6 is 22.9 Å². The van der Waals surface area contributed by atoms with Gasteiger partial charge in [-0.2, -0.15) is 0 Å². The summed E-state index contributed by atoms with van der Waals surface area (Å²) in [5.74, 6) is -1.21. The minimum Gasteiger partial charge on any atom is -0.451 e. The molecule has 3 rings (SSSR count). The molecular weight excluding hydrogens is 354 g/mol. The average molecular weight is 366 g/mol. The Balaban J connectivity index is 1.60. The Morgan fingerprint density at radius 3 is 2.62 bits per heavy atom. The molecule has 0 radical (unpaired) electrons. The fourth-order valence-corrected chi connectivity index (χ4v) is 3.14. The first kappa shape index (κ1) is 16.5. The van der Waals surface area contributed by atoms with Crippen molar-refractivity contribution in [1.29, 1.82) is 0 Å². The Morgan fingerprint density at radius 2 is 1.96 bits per heavy atom. The Morgan fingerprint density at radius 1 is 1.21 bits per heavy atom. The first-order valence-electron chi connectivity index (χ1n) is 7.04. The van der Waals surface area contributed by atoms with Crippen LogP contribution in [-0.2, 0) is 14.3 Å². The van der Waals surface area contributed by atoms with Gasteiger partial charge in [-0.05, 0) is 29.8 Å². The number of hydrogen-bond acceptors (Lipinski definition) is 6. The minimum atomic E-state index is -0.711. The molecule has 0 atom stereocenters. The number of esters is 1. The van der Waals surface area contributed by atoms with E-state index in [9.17, 15) is 14.4 Å². The molecule has 1 fully saturated rings. The molecule has 6 nitrogen and oxygen atoms in total. The van der Waals surface area contributed by atoms with Crippen molar-refractivity contribution in [3.63, 3.8) is 0 Å². The van der Waals surface area contributed by atoms with Crippen LogP contribution in [0.25, 0.3) is 10.4 Å². The lowest BCUT2D eigenvalue weighted by Crippen LogP contribution is -2.35. The van der Waals surface area contributed by atoms with E-state index >= 15 is 0 Å². The van der Waals surface area contributed by atoms with Crippen LogP contribution in [0.5, 0.6) is 0 Å². The third kappa shape index (κ3) is 3.58. The summed E-state index contributed by atoms with van der Waals surface area (Å²) in [6, 6.07) is 10.7. The summed E-state index contributed by atoms with van der Waals surface area (Å²) in [6.07, 6.45) is -0.711. The van der Waals surface area contributed by atoms with Gasteiger partial charge in [0.05, 0.1) is 6.54 Å². The van der Waals surface area contributed by atoms with Gasteiger partial charge in [-0.25, -0.2) is 14.5 Å². The van der Waals surface area contributed by atoms with Crippen molar-refractivity contribution in [3.05, 3.63) is 46.3 Å². The number of carbonyl (C=O) groups excluding carboxylic acids is 3. The molecule has 1 aliphatic heterocycles. The summed E-state index contributed by atoms with van der Waals surface area (Å²) in [7, 11) is 0. The molecule has 0 unspecified atom stereocenters. The SMILES string of the molecule is O=C(OCC(=O)N1CCOC1=O)c1ccc(-c2ccc(Cl)cc2)s1. The molecule has 124 valence electrons. The quantitative estimate of drug-likeness (QED) is 0.778. The number of carbonyl (C=O) groups is 3. The van der Waals surface area contributed by atoms with Crippen molar-refractivity contribution >= 4 is 40.9 Å². The molecule has 8 heteroatoms. The van der Waals surface area contributed by atoms with Gasteiger partial charge in [0.15, 0.2) is 6.61 Å². The summed E-state index contributed by atoms with van der Waals surface area (Å²) < 4.78 is 9.63. The van der Waals surface area contributed by atoms with Crippen LogP contribution < -0.4 is 0 Å². The Kier molecular flexibility index (Phi) is 4.82. The molecule has 2 heterocycles. The van der Waals surface area contributed by atoms with Crippen LogP contribution in [0.1, 0.15) is 9.67 Å². The van der Waals surface area contributed by atoms with Gasteiger partial charge in [0.2, 0.25) is 0 Å². The normalized spacial score (nSPS) is 13.7. The molecule has 1 aromatic heterocycles. The van der Waals surface area contributed by atoms with Crippen molar-refractivity contribution in [3.8, 4) is 10.4 Å². The predicted molar refractivity (Wildman–Crippen MR) is 88.1 cm³/mol. The molecule has 0 aliphatic carbocycles. The van der Waals surface area contributed by atoms with E-state index in [2.05, 4.69) is 4.74 Å². The maximum Gasteiger partial charge on any atom is 0.416 e. The number of rotatable bonds is 4. The molecule has 0 saturated carbocycles. The van der Waals surface area contributed by atoms with Gasteiger partial charge in [0.1, 0.15) is 11.5 Å². The van der Waals surface area contributed by atoms with Gasteiger partial charge in [0.25, 0.3) is 5.91 Å². The summed E-state index contributed by atoms with van der Waals surface area (Å²) in [5, 5.41) is 0.633. The molecule has 24 heavy (non-hydrogen) atoms. The van der Waals surface area contributed by atoms with Gasteiger partial charge in [-0.3, -0.25) is 4.79 Å². The second-order valence-electron chi connectivity index (χ2n) is 4.91. The topological polar surface area (TPSA) is 72.9 Å². The standard InChI is InChI=1S/C16H12ClNO5S/c17-11-3-1-10(2-4-11)12-5-6-13(24-12)15(20)23-9-14(19)18-7-8-22-16(18)21/h1-6H,7-9H2. The summed E-state index contributed by atoms with van der Waals surface area (Å²) >= 11 is 7.10. The van der Waals surface area contributed by atoms with Crippen LogP contribution in [-0.4, -0.2) is 42.6 Å².